The molecule has 0 aromatic heterocycles. The van der Waals surface area contributed by atoms with Crippen molar-refractivity contribution < 1.29 is 28.2 Å². The fraction of sp³-hybridized carbons (Fsp3) is 0.343. The Labute approximate surface area is 263 Å². The lowest BCUT2D eigenvalue weighted by Crippen LogP contribution is -2.54. The molecule has 0 spiro atoms. The van der Waals surface area contributed by atoms with Gasteiger partial charge in [-0.2, -0.15) is 0 Å². The molecule has 44 heavy (non-hydrogen) atoms. The minimum atomic E-state index is -0.782. The molecule has 1 aliphatic heterocycles. The lowest BCUT2D eigenvalue weighted by molar-refractivity contribution is -0.122. The molecule has 1 saturated heterocycles. The first kappa shape index (κ1) is 28.8. The number of anilines is 1. The summed E-state index contributed by atoms with van der Waals surface area (Å²) in [5.74, 6) is 1.20. The van der Waals surface area contributed by atoms with Gasteiger partial charge in [0.05, 0.1) is 17.3 Å². The molecule has 7 nitrogen and oxygen atoms in total. The number of methoxy groups -OCH3 is 1. The molecule has 0 atom stereocenters. The predicted octanol–water partition coefficient (Wildman–Crippen LogP) is 7.31. The highest BCUT2D eigenvalue weighted by molar-refractivity contribution is 9.10. The Morgan fingerprint density at radius 2 is 1.64 bits per heavy atom. The van der Waals surface area contributed by atoms with Crippen LogP contribution in [-0.4, -0.2) is 25.0 Å². The van der Waals surface area contributed by atoms with E-state index in [1.165, 1.54) is 63.3 Å². The third kappa shape index (κ3) is 5.11. The number of hydrogen-bond acceptors (Lipinski definition) is 5. The van der Waals surface area contributed by atoms with E-state index in [0.717, 1.165) is 22.7 Å². The number of imide groups is 2. The van der Waals surface area contributed by atoms with Crippen LogP contribution in [0.1, 0.15) is 55.2 Å². The van der Waals surface area contributed by atoms with E-state index < -0.39 is 17.8 Å². The van der Waals surface area contributed by atoms with Crippen molar-refractivity contribution >= 4 is 45.5 Å². The lowest BCUT2D eigenvalue weighted by Gasteiger charge is -2.57. The molecule has 0 radical (unpaired) electrons. The Morgan fingerprint density at radius 1 is 0.977 bits per heavy atom. The number of rotatable bonds is 7. The van der Waals surface area contributed by atoms with Crippen LogP contribution in [0.4, 0.5) is 14.9 Å². The van der Waals surface area contributed by atoms with Crippen LogP contribution < -0.4 is 19.7 Å². The maximum atomic E-state index is 14.1. The van der Waals surface area contributed by atoms with Crippen LogP contribution in [0.5, 0.6) is 11.5 Å². The van der Waals surface area contributed by atoms with Crippen LogP contribution in [0.3, 0.4) is 0 Å². The second-order valence-electron chi connectivity index (χ2n) is 12.6. The summed E-state index contributed by atoms with van der Waals surface area (Å²) >= 11 is 3.47. The summed E-state index contributed by atoms with van der Waals surface area (Å²) in [7, 11) is 1.46. The van der Waals surface area contributed by atoms with Crippen molar-refractivity contribution in [3.05, 3.63) is 93.2 Å². The van der Waals surface area contributed by atoms with Crippen molar-refractivity contribution in [1.82, 2.24) is 5.32 Å². The Kier molecular flexibility index (Phi) is 7.31. The van der Waals surface area contributed by atoms with Gasteiger partial charge in [-0.25, -0.2) is 14.1 Å². The van der Waals surface area contributed by atoms with Crippen molar-refractivity contribution in [3.8, 4) is 11.5 Å². The van der Waals surface area contributed by atoms with E-state index in [2.05, 4.69) is 33.4 Å². The van der Waals surface area contributed by atoms with Crippen molar-refractivity contribution in [2.24, 2.45) is 17.8 Å². The van der Waals surface area contributed by atoms with Crippen molar-refractivity contribution in [1.29, 1.82) is 0 Å². The molecule has 4 aliphatic carbocycles. The summed E-state index contributed by atoms with van der Waals surface area (Å²) in [5, 5.41) is 2.31. The molecule has 0 unspecified atom stereocenters. The van der Waals surface area contributed by atoms with Crippen LogP contribution in [0.25, 0.3) is 6.08 Å². The Morgan fingerprint density at radius 3 is 2.27 bits per heavy atom. The van der Waals surface area contributed by atoms with Gasteiger partial charge in [-0.1, -0.05) is 30.3 Å². The van der Waals surface area contributed by atoms with Gasteiger partial charge in [0.25, 0.3) is 11.8 Å². The third-order valence-corrected chi connectivity index (χ3v) is 10.4. The van der Waals surface area contributed by atoms with Crippen molar-refractivity contribution in [2.45, 2.75) is 50.5 Å². The fourth-order valence-corrected chi connectivity index (χ4v) is 8.79. The number of ether oxygens (including phenoxy) is 2. The Balaban J connectivity index is 1.13. The Bertz CT molecular complexity index is 1670. The minimum Gasteiger partial charge on any atom is -0.493 e. The summed E-state index contributed by atoms with van der Waals surface area (Å²) in [5.41, 5.74) is 2.55. The molecule has 5 aliphatic rings. The van der Waals surface area contributed by atoms with Crippen LogP contribution in [-0.2, 0) is 21.6 Å². The number of nitrogens with zero attached hydrogens (tertiary/aromatic N) is 1. The molecule has 226 valence electrons. The number of amides is 4. The van der Waals surface area contributed by atoms with Crippen molar-refractivity contribution in [2.75, 3.05) is 12.0 Å². The first-order valence-corrected chi connectivity index (χ1v) is 15.8. The topological polar surface area (TPSA) is 84.9 Å². The summed E-state index contributed by atoms with van der Waals surface area (Å²) in [6.07, 6.45) is 9.13. The summed E-state index contributed by atoms with van der Waals surface area (Å²) in [6, 6.07) is 16.6. The van der Waals surface area contributed by atoms with Gasteiger partial charge in [-0.15, -0.1) is 0 Å². The highest BCUT2D eigenvalue weighted by atomic mass is 79.9. The first-order valence-electron chi connectivity index (χ1n) is 15.0. The van der Waals surface area contributed by atoms with Gasteiger partial charge < -0.3 is 9.47 Å². The van der Waals surface area contributed by atoms with Gasteiger partial charge >= 0.3 is 6.03 Å². The number of halogens is 2. The zero-order valence-corrected chi connectivity index (χ0v) is 25.9. The van der Waals surface area contributed by atoms with E-state index in [0.29, 0.717) is 32.8 Å². The van der Waals surface area contributed by atoms with Gasteiger partial charge in [0.2, 0.25) is 0 Å². The number of carbonyl (C=O) groups excluding carboxylic acids is 3. The number of carbonyl (C=O) groups is 3. The van der Waals surface area contributed by atoms with Crippen LogP contribution in [0, 0.1) is 23.6 Å². The van der Waals surface area contributed by atoms with E-state index in [4.69, 9.17) is 9.47 Å². The van der Waals surface area contributed by atoms with E-state index >= 15 is 0 Å². The number of benzene rings is 3. The summed E-state index contributed by atoms with van der Waals surface area (Å²) in [4.78, 5) is 40.4. The van der Waals surface area contributed by atoms with E-state index in [9.17, 15) is 18.8 Å². The maximum Gasteiger partial charge on any atom is 0.335 e. The second kappa shape index (κ2) is 11.2. The second-order valence-corrected chi connectivity index (χ2v) is 13.5. The lowest BCUT2D eigenvalue weighted by atomic mass is 9.48. The highest BCUT2D eigenvalue weighted by Crippen LogP contribution is 2.60. The smallest absolute Gasteiger partial charge is 0.335 e. The zero-order valence-electron chi connectivity index (χ0n) is 24.3. The molecular formula is C35H32BrFN2O5. The molecule has 1 heterocycles. The SMILES string of the molecule is COc1cc(/C=C2\C(=O)NC(=O)N(c3ccc(C45CC6CC(CC(C6)C4)C5)cc3)C2=O)cc(Br)c1OCc1ccccc1F. The zero-order chi connectivity index (χ0) is 30.6. The van der Waals surface area contributed by atoms with Crippen LogP contribution in [0.15, 0.2) is 70.7 Å². The van der Waals surface area contributed by atoms with Gasteiger partial charge in [0.15, 0.2) is 11.5 Å². The molecular weight excluding hydrogens is 627 g/mol. The maximum absolute atomic E-state index is 14.1. The molecule has 4 amide bonds. The summed E-state index contributed by atoms with van der Waals surface area (Å²) in [6.45, 7) is -0.0261. The van der Waals surface area contributed by atoms with E-state index in [1.807, 2.05) is 12.1 Å². The van der Waals surface area contributed by atoms with E-state index in [-0.39, 0.29) is 23.4 Å². The average Bonchev–Trinajstić information content (AvgIpc) is 2.99. The highest BCUT2D eigenvalue weighted by Gasteiger charge is 2.51. The minimum absolute atomic E-state index is 0.0261. The standard InChI is InChI=1S/C35H32BrFN2O5/c1-43-30-15-20(14-28(36)31(30)44-19-24-4-2-3-5-29(24)37)13-27-32(40)38-34(42)39(33(27)41)26-8-6-25(7-9-26)35-16-21-10-22(17-35)12-23(11-21)18-35/h2-9,13-15,21-23H,10-12,16-19H2,1H3,(H,38,40,42)/b27-13+. The third-order valence-electron chi connectivity index (χ3n) is 9.77. The molecule has 4 saturated carbocycles. The molecule has 4 bridgehead atoms. The number of nitrogens with one attached hydrogen (secondary N) is 1. The van der Waals surface area contributed by atoms with Gasteiger partial charge in [0.1, 0.15) is 18.0 Å². The number of barbiturate groups is 1. The van der Waals surface area contributed by atoms with Gasteiger partial charge in [-0.3, -0.25) is 14.9 Å². The average molecular weight is 660 g/mol. The molecule has 8 rings (SSSR count). The molecule has 5 fully saturated rings. The molecule has 9 heteroatoms. The largest absolute Gasteiger partial charge is 0.493 e. The fourth-order valence-electron chi connectivity index (χ4n) is 8.22. The monoisotopic (exact) mass is 658 g/mol. The first-order chi connectivity index (χ1) is 21.2. The number of urea groups is 1. The van der Waals surface area contributed by atoms with Crippen molar-refractivity contribution in [3.63, 3.8) is 0 Å². The summed E-state index contributed by atoms with van der Waals surface area (Å²) < 4.78 is 25.9. The molecule has 1 N–H and O–H groups in total. The van der Waals surface area contributed by atoms with Crippen LogP contribution >= 0.6 is 15.9 Å². The quantitative estimate of drug-likeness (QED) is 0.213. The number of hydrogen-bond donors (Lipinski definition) is 1. The molecule has 3 aromatic carbocycles. The van der Waals surface area contributed by atoms with E-state index in [1.54, 1.807) is 30.3 Å². The van der Waals surface area contributed by atoms with Gasteiger partial charge in [-0.05, 0) is 125 Å². The van der Waals surface area contributed by atoms with Gasteiger partial charge in [0, 0.05) is 5.56 Å². The Hall–Kier alpha value is -3.98. The normalized spacial score (nSPS) is 26.7. The predicted molar refractivity (Wildman–Crippen MR) is 167 cm³/mol. The van der Waals surface area contributed by atoms with Crippen LogP contribution in [0.2, 0.25) is 0 Å². The molecule has 3 aromatic rings.